The molecule has 0 spiro atoms. The SMILES string of the molecule is CCCCc1ccc(C(=O)O)c2[nH]c3c(c12)CNC(C)C3.Cl. The Bertz CT molecular complexity index is 694. The molecular weight excluding hydrogens is 300 g/mol. The summed E-state index contributed by atoms with van der Waals surface area (Å²) in [6.45, 7) is 5.15. The molecule has 1 aliphatic heterocycles. The summed E-state index contributed by atoms with van der Waals surface area (Å²) in [7, 11) is 0. The highest BCUT2D eigenvalue weighted by molar-refractivity contribution is 6.04. The molecular formula is C17H23ClN2O2. The Hall–Kier alpha value is -1.52. The summed E-state index contributed by atoms with van der Waals surface area (Å²) in [4.78, 5) is 14.9. The van der Waals surface area contributed by atoms with Gasteiger partial charge in [0.2, 0.25) is 0 Å². The van der Waals surface area contributed by atoms with Crippen LogP contribution in [0.25, 0.3) is 10.9 Å². The maximum Gasteiger partial charge on any atom is 0.337 e. The van der Waals surface area contributed by atoms with Crippen molar-refractivity contribution in [3.05, 3.63) is 34.5 Å². The number of aromatic nitrogens is 1. The number of hydrogen-bond donors (Lipinski definition) is 3. The molecule has 0 amide bonds. The number of halogens is 1. The zero-order chi connectivity index (χ0) is 15.0. The number of fused-ring (bicyclic) bond motifs is 3. The zero-order valence-corrected chi connectivity index (χ0v) is 13.8. The minimum Gasteiger partial charge on any atom is -0.478 e. The average Bonchev–Trinajstić information content (AvgIpc) is 2.82. The molecule has 0 aliphatic carbocycles. The van der Waals surface area contributed by atoms with Crippen molar-refractivity contribution in [2.24, 2.45) is 0 Å². The van der Waals surface area contributed by atoms with Gasteiger partial charge in [-0.2, -0.15) is 0 Å². The molecule has 0 bridgehead atoms. The summed E-state index contributed by atoms with van der Waals surface area (Å²) >= 11 is 0. The van der Waals surface area contributed by atoms with Crippen LogP contribution in [0.2, 0.25) is 0 Å². The number of aromatic amines is 1. The largest absolute Gasteiger partial charge is 0.478 e. The molecule has 0 fully saturated rings. The second-order valence-corrected chi connectivity index (χ2v) is 6.00. The van der Waals surface area contributed by atoms with Crippen molar-refractivity contribution in [3.8, 4) is 0 Å². The molecule has 1 aliphatic rings. The van der Waals surface area contributed by atoms with Crippen LogP contribution in [0.3, 0.4) is 0 Å². The van der Waals surface area contributed by atoms with Crippen molar-refractivity contribution in [3.63, 3.8) is 0 Å². The van der Waals surface area contributed by atoms with Crippen molar-refractivity contribution >= 4 is 29.3 Å². The van der Waals surface area contributed by atoms with Crippen LogP contribution in [0.5, 0.6) is 0 Å². The van der Waals surface area contributed by atoms with Crippen LogP contribution >= 0.6 is 12.4 Å². The van der Waals surface area contributed by atoms with Crippen LogP contribution in [0.15, 0.2) is 12.1 Å². The Morgan fingerprint density at radius 2 is 2.18 bits per heavy atom. The van der Waals surface area contributed by atoms with Crippen LogP contribution < -0.4 is 5.32 Å². The number of carboxylic acid groups (broad SMARTS) is 1. The van der Waals surface area contributed by atoms with E-state index in [1.54, 1.807) is 6.07 Å². The number of unbranched alkanes of at least 4 members (excludes halogenated alkanes) is 1. The van der Waals surface area contributed by atoms with Crippen molar-refractivity contribution in [1.82, 2.24) is 10.3 Å². The molecule has 3 rings (SSSR count). The van der Waals surface area contributed by atoms with Crippen molar-refractivity contribution in [2.45, 2.75) is 52.1 Å². The Morgan fingerprint density at radius 1 is 1.41 bits per heavy atom. The molecule has 3 N–H and O–H groups in total. The summed E-state index contributed by atoms with van der Waals surface area (Å²) in [5.41, 5.74) is 4.91. The lowest BCUT2D eigenvalue weighted by molar-refractivity contribution is 0.0699. The molecule has 1 aromatic heterocycles. The number of benzene rings is 1. The fraction of sp³-hybridized carbons (Fsp3) is 0.471. The Balaban J connectivity index is 0.00000176. The third-order valence-electron chi connectivity index (χ3n) is 4.40. The van der Waals surface area contributed by atoms with E-state index in [9.17, 15) is 9.90 Å². The van der Waals surface area contributed by atoms with Crippen LogP contribution in [-0.4, -0.2) is 22.1 Å². The topological polar surface area (TPSA) is 65.1 Å². The van der Waals surface area contributed by atoms with Gasteiger partial charge in [0.05, 0.1) is 11.1 Å². The van der Waals surface area contributed by atoms with E-state index in [0.717, 1.165) is 43.1 Å². The number of carbonyl (C=O) groups is 1. The zero-order valence-electron chi connectivity index (χ0n) is 13.0. The highest BCUT2D eigenvalue weighted by Gasteiger charge is 2.23. The summed E-state index contributed by atoms with van der Waals surface area (Å²) in [6.07, 6.45) is 4.21. The number of carboxylic acids is 1. The van der Waals surface area contributed by atoms with E-state index >= 15 is 0 Å². The lowest BCUT2D eigenvalue weighted by atomic mass is 9.95. The smallest absolute Gasteiger partial charge is 0.337 e. The molecule has 4 nitrogen and oxygen atoms in total. The first-order valence-corrected chi connectivity index (χ1v) is 7.73. The normalized spacial score (nSPS) is 17.1. The minimum atomic E-state index is -0.860. The third kappa shape index (κ3) is 2.85. The number of H-pyrrole nitrogens is 1. The van der Waals surface area contributed by atoms with E-state index in [1.165, 1.54) is 16.8 Å². The third-order valence-corrected chi connectivity index (χ3v) is 4.40. The molecule has 0 radical (unpaired) electrons. The van der Waals surface area contributed by atoms with E-state index < -0.39 is 5.97 Å². The maximum atomic E-state index is 11.5. The minimum absolute atomic E-state index is 0. The highest BCUT2D eigenvalue weighted by atomic mass is 35.5. The monoisotopic (exact) mass is 322 g/mol. The highest BCUT2D eigenvalue weighted by Crippen LogP contribution is 2.32. The number of hydrogen-bond acceptors (Lipinski definition) is 2. The van der Waals surface area contributed by atoms with Crippen LogP contribution in [0.1, 0.15) is 53.9 Å². The number of nitrogens with one attached hydrogen (secondary N) is 2. The van der Waals surface area contributed by atoms with E-state index in [0.29, 0.717) is 11.6 Å². The number of aryl methyl sites for hydroxylation is 1. The first-order chi connectivity index (χ1) is 10.1. The van der Waals surface area contributed by atoms with Gasteiger partial charge in [-0.15, -0.1) is 12.4 Å². The van der Waals surface area contributed by atoms with Gasteiger partial charge >= 0.3 is 5.97 Å². The molecule has 5 heteroatoms. The average molecular weight is 323 g/mol. The van der Waals surface area contributed by atoms with Crippen molar-refractivity contribution in [1.29, 1.82) is 0 Å². The molecule has 1 atom stereocenters. The Labute approximate surface area is 136 Å². The first-order valence-electron chi connectivity index (χ1n) is 7.73. The fourth-order valence-electron chi connectivity index (χ4n) is 3.28. The van der Waals surface area contributed by atoms with Gasteiger partial charge in [0.25, 0.3) is 0 Å². The van der Waals surface area contributed by atoms with Gasteiger partial charge in [0, 0.05) is 30.1 Å². The van der Waals surface area contributed by atoms with E-state index in [-0.39, 0.29) is 12.4 Å². The summed E-state index contributed by atoms with van der Waals surface area (Å²) in [5, 5.41) is 14.0. The van der Waals surface area contributed by atoms with Gasteiger partial charge in [0.1, 0.15) is 0 Å². The number of aromatic carboxylic acids is 1. The lowest BCUT2D eigenvalue weighted by Gasteiger charge is -2.20. The molecule has 1 unspecified atom stereocenters. The van der Waals surface area contributed by atoms with E-state index in [1.807, 2.05) is 6.07 Å². The first kappa shape index (κ1) is 16.8. The molecule has 22 heavy (non-hydrogen) atoms. The van der Waals surface area contributed by atoms with Crippen LogP contribution in [0.4, 0.5) is 0 Å². The van der Waals surface area contributed by atoms with Gasteiger partial charge in [-0.3, -0.25) is 0 Å². The molecule has 0 saturated heterocycles. The molecule has 120 valence electrons. The quantitative estimate of drug-likeness (QED) is 0.804. The second-order valence-electron chi connectivity index (χ2n) is 6.00. The van der Waals surface area contributed by atoms with Gasteiger partial charge < -0.3 is 15.4 Å². The van der Waals surface area contributed by atoms with Gasteiger partial charge in [0.15, 0.2) is 0 Å². The Kier molecular flexibility index (Phi) is 5.14. The van der Waals surface area contributed by atoms with Crippen molar-refractivity contribution in [2.75, 3.05) is 0 Å². The van der Waals surface area contributed by atoms with Crippen LogP contribution in [-0.2, 0) is 19.4 Å². The van der Waals surface area contributed by atoms with Crippen molar-refractivity contribution < 1.29 is 9.90 Å². The van der Waals surface area contributed by atoms with Crippen LogP contribution in [0, 0.1) is 0 Å². The summed E-state index contributed by atoms with van der Waals surface area (Å²) in [6, 6.07) is 4.17. The predicted octanol–water partition coefficient (Wildman–Crippen LogP) is 3.66. The maximum absolute atomic E-state index is 11.5. The van der Waals surface area contributed by atoms with E-state index in [2.05, 4.69) is 24.1 Å². The second kappa shape index (κ2) is 6.71. The standard InChI is InChI=1S/C17H22N2O2.ClH/c1-3-4-5-11-6-7-12(17(20)21)16-15(11)13-9-18-10(2)8-14(13)19-16;/h6-7,10,18-19H,3-5,8-9H2,1-2H3,(H,20,21);1H. The molecule has 0 saturated carbocycles. The Morgan fingerprint density at radius 3 is 2.86 bits per heavy atom. The molecule has 2 aromatic rings. The van der Waals surface area contributed by atoms with Gasteiger partial charge in [-0.25, -0.2) is 4.79 Å². The summed E-state index contributed by atoms with van der Waals surface area (Å²) < 4.78 is 0. The lowest BCUT2D eigenvalue weighted by Crippen LogP contribution is -2.32. The summed E-state index contributed by atoms with van der Waals surface area (Å²) in [5.74, 6) is -0.860. The molecule has 2 heterocycles. The predicted molar refractivity (Wildman–Crippen MR) is 91.1 cm³/mol. The van der Waals surface area contributed by atoms with Gasteiger partial charge in [-0.1, -0.05) is 19.4 Å². The van der Waals surface area contributed by atoms with E-state index in [4.69, 9.17) is 0 Å². The number of rotatable bonds is 4. The molecule has 1 aromatic carbocycles. The van der Waals surface area contributed by atoms with Gasteiger partial charge in [-0.05, 0) is 37.0 Å². The fourth-order valence-corrected chi connectivity index (χ4v) is 3.28.